The molecule has 0 bridgehead atoms. The summed E-state index contributed by atoms with van der Waals surface area (Å²) in [5, 5.41) is 2.94. The minimum Gasteiger partial charge on any atom is -0.344 e. The summed E-state index contributed by atoms with van der Waals surface area (Å²) in [6.45, 7) is 3.98. The summed E-state index contributed by atoms with van der Waals surface area (Å²) < 4.78 is 0. The fraction of sp³-hybridized carbons (Fsp3) is 0.200. The van der Waals surface area contributed by atoms with Crippen LogP contribution in [0, 0.1) is 6.92 Å². The van der Waals surface area contributed by atoms with E-state index < -0.39 is 0 Å². The van der Waals surface area contributed by atoms with Crippen LogP contribution in [0.15, 0.2) is 42.6 Å². The monoisotopic (exact) mass is 270 g/mol. The van der Waals surface area contributed by atoms with Gasteiger partial charge in [0.05, 0.1) is 17.9 Å². The average molecular weight is 270 g/mol. The molecule has 1 aromatic heterocycles. The number of carbonyl (C=O) groups excluding carboxylic acids is 1. The molecule has 5 heteroatoms. The first-order chi connectivity index (χ1) is 9.61. The van der Waals surface area contributed by atoms with E-state index in [0.717, 1.165) is 11.1 Å². The Morgan fingerprint density at radius 2 is 2.00 bits per heavy atom. The molecule has 0 aliphatic carbocycles. The molecule has 0 saturated carbocycles. The van der Waals surface area contributed by atoms with Gasteiger partial charge in [-0.2, -0.15) is 0 Å². The number of benzene rings is 1. The minimum absolute atomic E-state index is 0.0715. The molecule has 5 nitrogen and oxygen atoms in total. The fourth-order valence-corrected chi connectivity index (χ4v) is 2.03. The Morgan fingerprint density at radius 3 is 2.60 bits per heavy atom. The highest BCUT2D eigenvalue weighted by atomic mass is 16.1. The average Bonchev–Trinajstić information content (AvgIpc) is 2.47. The van der Waals surface area contributed by atoms with Gasteiger partial charge in [-0.15, -0.1) is 0 Å². The van der Waals surface area contributed by atoms with E-state index in [2.05, 4.69) is 15.7 Å². The smallest absolute Gasteiger partial charge is 0.270 e. The van der Waals surface area contributed by atoms with Gasteiger partial charge < -0.3 is 10.7 Å². The molecule has 2 aromatic rings. The Labute approximate surface area is 118 Å². The first kappa shape index (κ1) is 14.0. The van der Waals surface area contributed by atoms with Crippen molar-refractivity contribution in [3.05, 3.63) is 59.4 Å². The normalized spacial score (nSPS) is 11.8. The van der Waals surface area contributed by atoms with Gasteiger partial charge in [0.25, 0.3) is 5.91 Å². The third-order valence-electron chi connectivity index (χ3n) is 3.17. The van der Waals surface area contributed by atoms with Crippen molar-refractivity contribution in [1.82, 2.24) is 10.3 Å². The summed E-state index contributed by atoms with van der Waals surface area (Å²) in [6, 6.07) is 11.2. The van der Waals surface area contributed by atoms with E-state index in [1.165, 1.54) is 6.20 Å². The maximum absolute atomic E-state index is 12.1. The largest absolute Gasteiger partial charge is 0.344 e. The van der Waals surface area contributed by atoms with Crippen LogP contribution in [0.1, 0.15) is 34.6 Å². The predicted octanol–water partition coefficient (Wildman–Crippen LogP) is 2.17. The molecule has 0 aliphatic rings. The molecule has 1 unspecified atom stereocenters. The Hall–Kier alpha value is -2.40. The van der Waals surface area contributed by atoms with Crippen LogP contribution < -0.4 is 16.6 Å². The molecule has 1 aromatic carbocycles. The number of aryl methyl sites for hydroxylation is 1. The van der Waals surface area contributed by atoms with E-state index in [4.69, 9.17) is 5.84 Å². The highest BCUT2D eigenvalue weighted by molar-refractivity contribution is 5.92. The summed E-state index contributed by atoms with van der Waals surface area (Å²) >= 11 is 0. The van der Waals surface area contributed by atoms with Gasteiger partial charge in [-0.1, -0.05) is 24.3 Å². The number of nitrogens with zero attached hydrogens (tertiary/aromatic N) is 1. The van der Waals surface area contributed by atoms with Crippen LogP contribution in [-0.2, 0) is 0 Å². The Balaban J connectivity index is 2.09. The van der Waals surface area contributed by atoms with Crippen LogP contribution in [0.2, 0.25) is 0 Å². The van der Waals surface area contributed by atoms with Gasteiger partial charge in [-0.05, 0) is 37.1 Å². The molecule has 0 aliphatic heterocycles. The molecule has 1 atom stereocenters. The van der Waals surface area contributed by atoms with Crippen molar-refractivity contribution in [3.8, 4) is 0 Å². The maximum Gasteiger partial charge on any atom is 0.270 e. The Kier molecular flexibility index (Phi) is 4.32. The van der Waals surface area contributed by atoms with E-state index >= 15 is 0 Å². The van der Waals surface area contributed by atoms with E-state index in [1.807, 2.05) is 38.1 Å². The quantitative estimate of drug-likeness (QED) is 0.587. The predicted molar refractivity (Wildman–Crippen MR) is 79.1 cm³/mol. The van der Waals surface area contributed by atoms with Crippen LogP contribution in [0.5, 0.6) is 0 Å². The maximum atomic E-state index is 12.1. The van der Waals surface area contributed by atoms with Gasteiger partial charge in [0.2, 0.25) is 0 Å². The lowest BCUT2D eigenvalue weighted by Gasteiger charge is -2.16. The first-order valence-electron chi connectivity index (χ1n) is 6.41. The number of amides is 1. The number of rotatable bonds is 4. The van der Waals surface area contributed by atoms with Gasteiger partial charge in [0, 0.05) is 0 Å². The van der Waals surface area contributed by atoms with Crippen LogP contribution in [-0.4, -0.2) is 10.9 Å². The highest BCUT2D eigenvalue weighted by Gasteiger charge is 2.13. The number of nitrogens with one attached hydrogen (secondary N) is 2. The van der Waals surface area contributed by atoms with Gasteiger partial charge >= 0.3 is 0 Å². The topological polar surface area (TPSA) is 80.0 Å². The van der Waals surface area contributed by atoms with E-state index in [1.54, 1.807) is 12.1 Å². The standard InChI is InChI=1S/C15H18N4O/c1-10-5-3-4-6-13(10)11(2)18-15(20)14-8-7-12(19-16)9-17-14/h3-9,11,19H,16H2,1-2H3,(H,18,20). The molecule has 104 valence electrons. The van der Waals surface area contributed by atoms with Gasteiger partial charge in [0.1, 0.15) is 5.69 Å². The summed E-state index contributed by atoms with van der Waals surface area (Å²) in [7, 11) is 0. The third-order valence-corrected chi connectivity index (χ3v) is 3.17. The number of nitrogens with two attached hydrogens (primary N) is 1. The van der Waals surface area contributed by atoms with E-state index in [0.29, 0.717) is 11.4 Å². The summed E-state index contributed by atoms with van der Waals surface area (Å²) in [5.74, 6) is 5.05. The number of hydrazine groups is 1. The number of hydrogen-bond acceptors (Lipinski definition) is 4. The lowest BCUT2D eigenvalue weighted by atomic mass is 10.0. The van der Waals surface area contributed by atoms with Crippen LogP contribution in [0.4, 0.5) is 5.69 Å². The van der Waals surface area contributed by atoms with Crippen molar-refractivity contribution in [2.24, 2.45) is 5.84 Å². The lowest BCUT2D eigenvalue weighted by Crippen LogP contribution is -2.27. The van der Waals surface area contributed by atoms with Crippen molar-refractivity contribution in [2.75, 3.05) is 5.43 Å². The summed E-state index contributed by atoms with van der Waals surface area (Å²) in [4.78, 5) is 16.2. The van der Waals surface area contributed by atoms with Crippen molar-refractivity contribution in [1.29, 1.82) is 0 Å². The SMILES string of the molecule is Cc1ccccc1C(C)NC(=O)c1ccc(NN)cn1. The van der Waals surface area contributed by atoms with Crippen molar-refractivity contribution >= 4 is 11.6 Å². The Morgan fingerprint density at radius 1 is 1.25 bits per heavy atom. The zero-order chi connectivity index (χ0) is 14.5. The van der Waals surface area contributed by atoms with Crippen molar-refractivity contribution in [2.45, 2.75) is 19.9 Å². The number of pyridine rings is 1. The van der Waals surface area contributed by atoms with Gasteiger partial charge in [-0.25, -0.2) is 4.98 Å². The fourth-order valence-electron chi connectivity index (χ4n) is 2.03. The van der Waals surface area contributed by atoms with E-state index in [-0.39, 0.29) is 11.9 Å². The molecule has 0 radical (unpaired) electrons. The molecule has 0 fully saturated rings. The zero-order valence-corrected chi connectivity index (χ0v) is 11.6. The van der Waals surface area contributed by atoms with E-state index in [9.17, 15) is 4.79 Å². The molecular weight excluding hydrogens is 252 g/mol. The lowest BCUT2D eigenvalue weighted by molar-refractivity contribution is 0.0935. The molecule has 0 saturated heterocycles. The molecule has 20 heavy (non-hydrogen) atoms. The van der Waals surface area contributed by atoms with Crippen LogP contribution >= 0.6 is 0 Å². The number of nitrogen functional groups attached to an aromatic ring is 1. The zero-order valence-electron chi connectivity index (χ0n) is 11.6. The number of anilines is 1. The molecule has 1 amide bonds. The highest BCUT2D eigenvalue weighted by Crippen LogP contribution is 2.17. The van der Waals surface area contributed by atoms with Gasteiger partial charge in [0.15, 0.2) is 0 Å². The van der Waals surface area contributed by atoms with Crippen LogP contribution in [0.3, 0.4) is 0 Å². The molecule has 0 spiro atoms. The second-order valence-corrected chi connectivity index (χ2v) is 4.63. The van der Waals surface area contributed by atoms with Gasteiger partial charge in [-0.3, -0.25) is 10.6 Å². The first-order valence-corrected chi connectivity index (χ1v) is 6.41. The third kappa shape index (κ3) is 3.13. The number of carbonyl (C=O) groups is 1. The summed E-state index contributed by atoms with van der Waals surface area (Å²) in [5.41, 5.74) is 5.75. The molecule has 4 N–H and O–H groups in total. The van der Waals surface area contributed by atoms with Crippen molar-refractivity contribution < 1.29 is 4.79 Å². The molecular formula is C15H18N4O. The second-order valence-electron chi connectivity index (χ2n) is 4.63. The number of hydrogen-bond donors (Lipinski definition) is 3. The number of aromatic nitrogens is 1. The van der Waals surface area contributed by atoms with Crippen LogP contribution in [0.25, 0.3) is 0 Å². The minimum atomic E-state index is -0.204. The van der Waals surface area contributed by atoms with Crippen molar-refractivity contribution in [3.63, 3.8) is 0 Å². The summed E-state index contributed by atoms with van der Waals surface area (Å²) in [6.07, 6.45) is 1.52. The molecule has 2 rings (SSSR count). The Bertz CT molecular complexity index is 595. The molecule has 1 heterocycles. The second kappa shape index (κ2) is 6.16.